The number of nitrogens with one attached hydrogen (secondary N) is 2. The highest BCUT2D eigenvalue weighted by Crippen LogP contribution is 2.06. The molecule has 1 fully saturated rings. The van der Waals surface area contributed by atoms with Gasteiger partial charge in [0.15, 0.2) is 0 Å². The van der Waals surface area contributed by atoms with Crippen LogP contribution in [0.15, 0.2) is 0 Å². The van der Waals surface area contributed by atoms with Gasteiger partial charge in [-0.3, -0.25) is 4.79 Å². The van der Waals surface area contributed by atoms with Gasteiger partial charge in [0, 0.05) is 20.1 Å². The molecule has 4 nitrogen and oxygen atoms in total. The van der Waals surface area contributed by atoms with Crippen molar-refractivity contribution in [2.75, 3.05) is 20.1 Å². The Hall–Kier alpha value is -0.610. The van der Waals surface area contributed by atoms with E-state index in [9.17, 15) is 4.79 Å². The quantitative estimate of drug-likeness (QED) is 0.656. The minimum Gasteiger partial charge on any atom is -0.358 e. The van der Waals surface area contributed by atoms with Crippen LogP contribution in [0, 0.1) is 0 Å². The van der Waals surface area contributed by atoms with Gasteiger partial charge in [0.25, 0.3) is 0 Å². The molecule has 1 rings (SSSR count). The summed E-state index contributed by atoms with van der Waals surface area (Å²) < 4.78 is 0. The van der Waals surface area contributed by atoms with E-state index < -0.39 is 0 Å². The van der Waals surface area contributed by atoms with Crippen molar-refractivity contribution in [3.63, 3.8) is 0 Å². The number of piperidine rings is 1. The lowest BCUT2D eigenvalue weighted by atomic mass is 10.2. The predicted molar refractivity (Wildman–Crippen MR) is 52.1 cm³/mol. The number of hydrogen-bond acceptors (Lipinski definition) is 3. The van der Waals surface area contributed by atoms with Crippen molar-refractivity contribution in [2.24, 2.45) is 0 Å². The summed E-state index contributed by atoms with van der Waals surface area (Å²) in [7, 11) is 1.66. The Morgan fingerprint density at radius 2 is 1.92 bits per heavy atom. The molecule has 0 bridgehead atoms. The third-order valence-corrected chi connectivity index (χ3v) is 2.37. The number of hydrazine groups is 1. The van der Waals surface area contributed by atoms with E-state index in [1.807, 2.05) is 6.92 Å². The first-order valence-electron chi connectivity index (χ1n) is 4.96. The van der Waals surface area contributed by atoms with Crippen LogP contribution in [0.25, 0.3) is 0 Å². The molecule has 1 heterocycles. The normalized spacial score (nSPS) is 21.1. The molecule has 0 aromatic rings. The topological polar surface area (TPSA) is 44.4 Å². The van der Waals surface area contributed by atoms with Crippen molar-refractivity contribution < 1.29 is 4.79 Å². The van der Waals surface area contributed by atoms with Gasteiger partial charge in [0.1, 0.15) is 0 Å². The van der Waals surface area contributed by atoms with Crippen LogP contribution in [0.3, 0.4) is 0 Å². The first-order valence-corrected chi connectivity index (χ1v) is 4.96. The lowest BCUT2D eigenvalue weighted by molar-refractivity contribution is -0.123. The molecule has 1 atom stereocenters. The van der Waals surface area contributed by atoms with Crippen LogP contribution in [-0.2, 0) is 4.79 Å². The molecular weight excluding hydrogens is 166 g/mol. The van der Waals surface area contributed by atoms with E-state index in [1.54, 1.807) is 7.05 Å². The molecule has 1 aliphatic rings. The lowest BCUT2D eigenvalue weighted by Crippen LogP contribution is -2.51. The Morgan fingerprint density at radius 1 is 1.31 bits per heavy atom. The van der Waals surface area contributed by atoms with E-state index in [1.165, 1.54) is 19.3 Å². The Morgan fingerprint density at radius 3 is 2.46 bits per heavy atom. The number of carbonyl (C=O) groups is 1. The summed E-state index contributed by atoms with van der Waals surface area (Å²) in [4.78, 5) is 11.2. The largest absolute Gasteiger partial charge is 0.358 e. The third kappa shape index (κ3) is 3.32. The van der Waals surface area contributed by atoms with Gasteiger partial charge in [0.2, 0.25) is 5.91 Å². The summed E-state index contributed by atoms with van der Waals surface area (Å²) in [5.74, 6) is 0.0468. The monoisotopic (exact) mass is 185 g/mol. The average molecular weight is 185 g/mol. The molecule has 0 aromatic heterocycles. The predicted octanol–water partition coefficient (Wildman–Crippen LogP) is 0.111. The Bertz CT molecular complexity index is 166. The molecule has 1 unspecified atom stereocenters. The molecule has 13 heavy (non-hydrogen) atoms. The van der Waals surface area contributed by atoms with E-state index in [0.717, 1.165) is 13.1 Å². The van der Waals surface area contributed by atoms with Gasteiger partial charge in [-0.05, 0) is 19.8 Å². The zero-order valence-electron chi connectivity index (χ0n) is 8.47. The van der Waals surface area contributed by atoms with E-state index in [4.69, 9.17) is 0 Å². The van der Waals surface area contributed by atoms with Crippen LogP contribution in [0.2, 0.25) is 0 Å². The van der Waals surface area contributed by atoms with Crippen molar-refractivity contribution in [1.82, 2.24) is 15.8 Å². The van der Waals surface area contributed by atoms with Crippen LogP contribution in [0.4, 0.5) is 0 Å². The maximum Gasteiger partial charge on any atom is 0.237 e. The van der Waals surface area contributed by atoms with Gasteiger partial charge in [-0.1, -0.05) is 6.42 Å². The Labute approximate surface area is 79.6 Å². The van der Waals surface area contributed by atoms with Gasteiger partial charge in [-0.2, -0.15) is 0 Å². The van der Waals surface area contributed by atoms with E-state index in [-0.39, 0.29) is 11.9 Å². The second-order valence-corrected chi connectivity index (χ2v) is 3.51. The third-order valence-electron chi connectivity index (χ3n) is 2.37. The fourth-order valence-electron chi connectivity index (χ4n) is 1.57. The molecule has 0 radical (unpaired) electrons. The van der Waals surface area contributed by atoms with Gasteiger partial charge in [-0.25, -0.2) is 10.4 Å². The molecular formula is C9H19N3O. The minimum absolute atomic E-state index is 0.0468. The first kappa shape index (κ1) is 10.5. The second kappa shape index (κ2) is 5.19. The van der Waals surface area contributed by atoms with Crippen molar-refractivity contribution >= 4 is 5.91 Å². The van der Waals surface area contributed by atoms with E-state index in [2.05, 4.69) is 15.8 Å². The highest BCUT2D eigenvalue weighted by Gasteiger charge is 2.16. The zero-order valence-corrected chi connectivity index (χ0v) is 8.47. The number of nitrogens with zero attached hydrogens (tertiary/aromatic N) is 1. The number of amides is 1. The molecule has 0 saturated carbocycles. The summed E-state index contributed by atoms with van der Waals surface area (Å²) in [6.07, 6.45) is 3.77. The number of likely N-dealkylation sites (N-methyl/N-ethyl adjacent to an activating group) is 1. The van der Waals surface area contributed by atoms with Crippen molar-refractivity contribution in [3.8, 4) is 0 Å². The van der Waals surface area contributed by atoms with Crippen molar-refractivity contribution in [1.29, 1.82) is 0 Å². The maximum atomic E-state index is 11.2. The van der Waals surface area contributed by atoms with Crippen molar-refractivity contribution in [2.45, 2.75) is 32.2 Å². The maximum absolute atomic E-state index is 11.2. The van der Waals surface area contributed by atoms with Crippen LogP contribution in [-0.4, -0.2) is 37.1 Å². The second-order valence-electron chi connectivity index (χ2n) is 3.51. The number of hydrogen-bond donors (Lipinski definition) is 2. The molecule has 1 saturated heterocycles. The summed E-state index contributed by atoms with van der Waals surface area (Å²) in [5.41, 5.74) is 3.19. The summed E-state index contributed by atoms with van der Waals surface area (Å²) in [6, 6.07) is -0.122. The average Bonchev–Trinajstić information content (AvgIpc) is 2.18. The summed E-state index contributed by atoms with van der Waals surface area (Å²) in [5, 5.41) is 4.77. The molecule has 0 spiro atoms. The summed E-state index contributed by atoms with van der Waals surface area (Å²) in [6.45, 7) is 4.00. The molecule has 1 aliphatic heterocycles. The van der Waals surface area contributed by atoms with Crippen molar-refractivity contribution in [3.05, 3.63) is 0 Å². The fourth-order valence-corrected chi connectivity index (χ4v) is 1.57. The van der Waals surface area contributed by atoms with Crippen LogP contribution < -0.4 is 10.7 Å². The number of carbonyl (C=O) groups excluding carboxylic acids is 1. The molecule has 2 N–H and O–H groups in total. The lowest BCUT2D eigenvalue weighted by Gasteiger charge is -2.29. The number of rotatable bonds is 3. The molecule has 76 valence electrons. The molecule has 1 amide bonds. The Kier molecular flexibility index (Phi) is 4.18. The summed E-state index contributed by atoms with van der Waals surface area (Å²) >= 11 is 0. The Balaban J connectivity index is 2.25. The highest BCUT2D eigenvalue weighted by atomic mass is 16.2. The SMILES string of the molecule is CNC(=O)C(C)NN1CCCCC1. The fraction of sp³-hybridized carbons (Fsp3) is 0.889. The molecule has 4 heteroatoms. The van der Waals surface area contributed by atoms with E-state index >= 15 is 0 Å². The van der Waals surface area contributed by atoms with E-state index in [0.29, 0.717) is 0 Å². The van der Waals surface area contributed by atoms with Gasteiger partial charge in [0.05, 0.1) is 6.04 Å². The van der Waals surface area contributed by atoms with Gasteiger partial charge in [-0.15, -0.1) is 0 Å². The highest BCUT2D eigenvalue weighted by molar-refractivity contribution is 5.80. The zero-order chi connectivity index (χ0) is 9.68. The smallest absolute Gasteiger partial charge is 0.237 e. The minimum atomic E-state index is -0.122. The first-order chi connectivity index (χ1) is 6.24. The van der Waals surface area contributed by atoms with Crippen LogP contribution in [0.1, 0.15) is 26.2 Å². The molecule has 0 aromatic carbocycles. The van der Waals surface area contributed by atoms with Gasteiger partial charge >= 0.3 is 0 Å². The van der Waals surface area contributed by atoms with Crippen LogP contribution in [0.5, 0.6) is 0 Å². The standard InChI is InChI=1S/C9H19N3O/c1-8(9(13)10-2)11-12-6-4-3-5-7-12/h8,11H,3-7H2,1-2H3,(H,10,13). The van der Waals surface area contributed by atoms with Gasteiger partial charge < -0.3 is 5.32 Å². The van der Waals surface area contributed by atoms with Crippen LogP contribution >= 0.6 is 0 Å². The molecule has 0 aliphatic carbocycles.